The summed E-state index contributed by atoms with van der Waals surface area (Å²) in [7, 11) is 2.16. The third kappa shape index (κ3) is 1.84. The molecule has 0 amide bonds. The minimum absolute atomic E-state index is 0.664. The van der Waals surface area contributed by atoms with Gasteiger partial charge in [0.1, 0.15) is 0 Å². The first kappa shape index (κ1) is 11.9. The molecule has 0 aromatic carbocycles. The highest BCUT2D eigenvalue weighted by Crippen LogP contribution is 2.59. The Kier molecular flexibility index (Phi) is 2.87. The molecule has 4 atom stereocenters. The van der Waals surface area contributed by atoms with E-state index in [0.29, 0.717) is 12.0 Å². The van der Waals surface area contributed by atoms with E-state index in [4.69, 9.17) is 4.98 Å². The highest BCUT2D eigenvalue weighted by molar-refractivity contribution is 5.31. The molecule has 2 nitrogen and oxygen atoms in total. The van der Waals surface area contributed by atoms with Gasteiger partial charge in [-0.25, -0.2) is 0 Å². The molecule has 1 aromatic rings. The zero-order valence-electron chi connectivity index (χ0n) is 11.8. The molecule has 1 heterocycles. The van der Waals surface area contributed by atoms with Gasteiger partial charge in [0, 0.05) is 23.9 Å². The third-order valence-electron chi connectivity index (χ3n) is 5.91. The number of hydrogen-bond acceptors (Lipinski definition) is 2. The lowest BCUT2D eigenvalue weighted by Crippen LogP contribution is -2.34. The minimum atomic E-state index is 0.664. The zero-order valence-corrected chi connectivity index (χ0v) is 11.8. The molecular formula is C17H24N2. The number of aromatic nitrogens is 1. The van der Waals surface area contributed by atoms with Gasteiger partial charge in [-0.15, -0.1) is 0 Å². The van der Waals surface area contributed by atoms with Crippen molar-refractivity contribution in [1.29, 1.82) is 0 Å². The van der Waals surface area contributed by atoms with Crippen LogP contribution < -0.4 is 5.32 Å². The van der Waals surface area contributed by atoms with Crippen LogP contribution in [0.15, 0.2) is 18.3 Å². The van der Waals surface area contributed by atoms with Gasteiger partial charge >= 0.3 is 0 Å². The van der Waals surface area contributed by atoms with Gasteiger partial charge in [0.2, 0.25) is 0 Å². The standard InChI is InChI=1S/C17H24N2/c1-18-17(15-12-6-2-3-7-13(12)15)14-9-8-11-5-4-10-19-16(11)14/h4-5,10,12-15,17-18H,2-3,6-9H2,1H3. The molecule has 3 aliphatic rings. The summed E-state index contributed by atoms with van der Waals surface area (Å²) in [5.41, 5.74) is 2.89. The average Bonchev–Trinajstić information content (AvgIpc) is 3.02. The summed E-state index contributed by atoms with van der Waals surface area (Å²) in [6.07, 6.45) is 10.4. The van der Waals surface area contributed by atoms with Crippen LogP contribution in [-0.2, 0) is 6.42 Å². The van der Waals surface area contributed by atoms with Gasteiger partial charge in [0.15, 0.2) is 0 Å². The Morgan fingerprint density at radius 3 is 2.74 bits per heavy atom. The number of nitrogens with one attached hydrogen (secondary N) is 1. The first-order valence-electron chi connectivity index (χ1n) is 8.01. The number of rotatable bonds is 3. The third-order valence-corrected chi connectivity index (χ3v) is 5.91. The average molecular weight is 256 g/mol. The van der Waals surface area contributed by atoms with Crippen molar-refractivity contribution in [2.24, 2.45) is 17.8 Å². The summed E-state index contributed by atoms with van der Waals surface area (Å²) >= 11 is 0. The van der Waals surface area contributed by atoms with Gasteiger partial charge in [-0.05, 0) is 62.1 Å². The zero-order chi connectivity index (χ0) is 12.8. The summed E-state index contributed by atoms with van der Waals surface area (Å²) < 4.78 is 0. The molecule has 2 fully saturated rings. The summed E-state index contributed by atoms with van der Waals surface area (Å²) in [6, 6.07) is 5.03. The number of nitrogens with zero attached hydrogens (tertiary/aromatic N) is 1. The summed E-state index contributed by atoms with van der Waals surface area (Å²) in [5, 5.41) is 3.66. The lowest BCUT2D eigenvalue weighted by Gasteiger charge is -2.24. The maximum Gasteiger partial charge on any atom is 0.0482 e. The number of likely N-dealkylation sites (N-methyl/N-ethyl adjacent to an activating group) is 1. The van der Waals surface area contributed by atoms with E-state index in [0.717, 1.165) is 17.8 Å². The molecule has 4 unspecified atom stereocenters. The van der Waals surface area contributed by atoms with E-state index in [1.807, 2.05) is 6.20 Å². The van der Waals surface area contributed by atoms with Crippen molar-refractivity contribution in [3.63, 3.8) is 0 Å². The normalized spacial score (nSPS) is 37.5. The molecule has 1 aromatic heterocycles. The second-order valence-corrected chi connectivity index (χ2v) is 6.70. The quantitative estimate of drug-likeness (QED) is 0.898. The molecule has 19 heavy (non-hydrogen) atoms. The van der Waals surface area contributed by atoms with Crippen molar-refractivity contribution in [2.75, 3.05) is 7.05 Å². The summed E-state index contributed by atoms with van der Waals surface area (Å²) in [6.45, 7) is 0. The topological polar surface area (TPSA) is 24.9 Å². The molecular weight excluding hydrogens is 232 g/mol. The van der Waals surface area contributed by atoms with Crippen molar-refractivity contribution in [3.8, 4) is 0 Å². The maximum absolute atomic E-state index is 4.70. The fraction of sp³-hybridized carbons (Fsp3) is 0.706. The van der Waals surface area contributed by atoms with Gasteiger partial charge in [-0.2, -0.15) is 0 Å². The first-order chi connectivity index (χ1) is 9.40. The van der Waals surface area contributed by atoms with E-state index in [2.05, 4.69) is 24.5 Å². The Labute approximate surface area is 116 Å². The molecule has 2 heteroatoms. The van der Waals surface area contributed by atoms with E-state index in [9.17, 15) is 0 Å². The lowest BCUT2D eigenvalue weighted by atomic mass is 9.91. The lowest BCUT2D eigenvalue weighted by molar-refractivity contribution is 0.383. The van der Waals surface area contributed by atoms with Crippen LogP contribution in [-0.4, -0.2) is 18.1 Å². The van der Waals surface area contributed by atoms with Gasteiger partial charge in [0.25, 0.3) is 0 Å². The van der Waals surface area contributed by atoms with Crippen LogP contribution in [0, 0.1) is 17.8 Å². The molecule has 102 valence electrons. The number of hydrogen-bond donors (Lipinski definition) is 1. The fourth-order valence-corrected chi connectivity index (χ4v) is 5.04. The largest absolute Gasteiger partial charge is 0.316 e. The molecule has 1 N–H and O–H groups in total. The van der Waals surface area contributed by atoms with E-state index in [-0.39, 0.29) is 0 Å². The Morgan fingerprint density at radius 1 is 1.21 bits per heavy atom. The second kappa shape index (κ2) is 4.59. The van der Waals surface area contributed by atoms with Crippen LogP contribution in [0.25, 0.3) is 0 Å². The number of pyridine rings is 1. The Bertz CT molecular complexity index is 458. The Morgan fingerprint density at radius 2 is 2.00 bits per heavy atom. The van der Waals surface area contributed by atoms with Crippen molar-refractivity contribution in [3.05, 3.63) is 29.6 Å². The van der Waals surface area contributed by atoms with Crippen LogP contribution in [0.5, 0.6) is 0 Å². The minimum Gasteiger partial charge on any atom is -0.316 e. The molecule has 0 spiro atoms. The summed E-state index contributed by atoms with van der Waals surface area (Å²) in [5.74, 6) is 3.65. The number of aryl methyl sites for hydroxylation is 1. The van der Waals surface area contributed by atoms with Crippen molar-refractivity contribution in [1.82, 2.24) is 10.3 Å². The number of fused-ring (bicyclic) bond motifs is 2. The Balaban J connectivity index is 1.58. The molecule has 0 radical (unpaired) electrons. The smallest absolute Gasteiger partial charge is 0.0482 e. The molecule has 2 saturated carbocycles. The fourth-order valence-electron chi connectivity index (χ4n) is 5.04. The molecule has 3 aliphatic carbocycles. The van der Waals surface area contributed by atoms with Crippen LogP contribution in [0.4, 0.5) is 0 Å². The maximum atomic E-state index is 4.70. The first-order valence-corrected chi connectivity index (χ1v) is 8.01. The molecule has 0 bridgehead atoms. The molecule has 0 saturated heterocycles. The van der Waals surface area contributed by atoms with Crippen LogP contribution in [0.1, 0.15) is 49.3 Å². The predicted molar refractivity (Wildman–Crippen MR) is 77.1 cm³/mol. The Hall–Kier alpha value is -0.890. The van der Waals surface area contributed by atoms with E-state index >= 15 is 0 Å². The monoisotopic (exact) mass is 256 g/mol. The van der Waals surface area contributed by atoms with Crippen LogP contribution >= 0.6 is 0 Å². The van der Waals surface area contributed by atoms with Crippen molar-refractivity contribution >= 4 is 0 Å². The second-order valence-electron chi connectivity index (χ2n) is 6.70. The van der Waals surface area contributed by atoms with Gasteiger partial charge in [-0.3, -0.25) is 4.98 Å². The van der Waals surface area contributed by atoms with Crippen molar-refractivity contribution < 1.29 is 0 Å². The van der Waals surface area contributed by atoms with Gasteiger partial charge < -0.3 is 5.32 Å². The predicted octanol–water partition coefficient (Wildman–Crippen LogP) is 3.14. The summed E-state index contributed by atoms with van der Waals surface area (Å²) in [4.78, 5) is 4.70. The van der Waals surface area contributed by atoms with E-state index in [1.54, 1.807) is 0 Å². The van der Waals surface area contributed by atoms with Crippen LogP contribution in [0.3, 0.4) is 0 Å². The molecule has 4 rings (SSSR count). The SMILES string of the molecule is CNC(C1CCc2cccnc21)C1C2CCCCC21. The van der Waals surface area contributed by atoms with Gasteiger partial charge in [0.05, 0.1) is 0 Å². The highest BCUT2D eigenvalue weighted by atomic mass is 14.9. The highest BCUT2D eigenvalue weighted by Gasteiger charge is 2.55. The van der Waals surface area contributed by atoms with Gasteiger partial charge in [-0.1, -0.05) is 18.9 Å². The van der Waals surface area contributed by atoms with E-state index in [1.165, 1.54) is 49.8 Å². The van der Waals surface area contributed by atoms with Crippen LogP contribution in [0.2, 0.25) is 0 Å². The van der Waals surface area contributed by atoms with Crippen molar-refractivity contribution in [2.45, 2.75) is 50.5 Å². The molecule has 0 aliphatic heterocycles. The van der Waals surface area contributed by atoms with E-state index < -0.39 is 0 Å².